The molecule has 0 unspecified atom stereocenters. The summed E-state index contributed by atoms with van der Waals surface area (Å²) in [5.74, 6) is 1.80. The van der Waals surface area contributed by atoms with Crippen LogP contribution in [0.25, 0.3) is 0 Å². The average molecular weight is 353 g/mol. The molecule has 3 heterocycles. The standard InChI is InChI=1S/C16H18F3N5O/c1-11-20-5-2-14(22-11)23-6-3-12(4-7-23)9-24-10-21-13(8-15(24)25)16(17,18)19/h2,5,8,10,12H,3-4,6-7,9H2,1H3. The minimum absolute atomic E-state index is 0.218. The van der Waals surface area contributed by atoms with Crippen molar-refractivity contribution in [3.63, 3.8) is 0 Å². The molecular weight excluding hydrogens is 335 g/mol. The topological polar surface area (TPSA) is 63.9 Å². The third kappa shape index (κ3) is 4.15. The molecular formula is C16H18F3N5O. The van der Waals surface area contributed by atoms with Gasteiger partial charge in [0.1, 0.15) is 11.6 Å². The van der Waals surface area contributed by atoms with Crippen LogP contribution in [0.5, 0.6) is 0 Å². The van der Waals surface area contributed by atoms with E-state index in [9.17, 15) is 18.0 Å². The lowest BCUT2D eigenvalue weighted by Crippen LogP contribution is -2.37. The van der Waals surface area contributed by atoms with Gasteiger partial charge < -0.3 is 4.90 Å². The van der Waals surface area contributed by atoms with Gasteiger partial charge in [-0.1, -0.05) is 0 Å². The summed E-state index contributed by atoms with van der Waals surface area (Å²) in [6.07, 6.45) is -0.227. The Bertz CT molecular complexity index is 797. The van der Waals surface area contributed by atoms with E-state index in [1.165, 1.54) is 4.57 Å². The van der Waals surface area contributed by atoms with Crippen molar-refractivity contribution in [2.24, 2.45) is 5.92 Å². The van der Waals surface area contributed by atoms with Crippen molar-refractivity contribution < 1.29 is 13.2 Å². The monoisotopic (exact) mass is 353 g/mol. The normalized spacial score (nSPS) is 16.2. The van der Waals surface area contributed by atoms with Crippen LogP contribution in [0.3, 0.4) is 0 Å². The lowest BCUT2D eigenvalue weighted by Gasteiger charge is -2.33. The van der Waals surface area contributed by atoms with Crippen molar-refractivity contribution in [2.75, 3.05) is 18.0 Å². The zero-order valence-corrected chi connectivity index (χ0v) is 13.7. The molecule has 2 aromatic rings. The average Bonchev–Trinajstić information content (AvgIpc) is 2.56. The molecule has 0 saturated carbocycles. The number of aryl methyl sites for hydroxylation is 1. The van der Waals surface area contributed by atoms with Crippen LogP contribution in [0.2, 0.25) is 0 Å². The molecule has 134 valence electrons. The molecule has 2 aromatic heterocycles. The van der Waals surface area contributed by atoms with Gasteiger partial charge in [-0.05, 0) is 31.7 Å². The summed E-state index contributed by atoms with van der Waals surface area (Å²) in [5, 5.41) is 0. The highest BCUT2D eigenvalue weighted by molar-refractivity contribution is 5.37. The van der Waals surface area contributed by atoms with Crippen LogP contribution in [-0.4, -0.2) is 32.6 Å². The van der Waals surface area contributed by atoms with Gasteiger partial charge in [0.15, 0.2) is 5.69 Å². The van der Waals surface area contributed by atoms with Gasteiger partial charge in [-0.3, -0.25) is 9.36 Å². The van der Waals surface area contributed by atoms with Crippen LogP contribution in [0.1, 0.15) is 24.4 Å². The first-order valence-electron chi connectivity index (χ1n) is 8.01. The fourth-order valence-corrected chi connectivity index (χ4v) is 2.96. The quantitative estimate of drug-likeness (QED) is 0.847. The second kappa shape index (κ2) is 6.81. The van der Waals surface area contributed by atoms with Crippen LogP contribution in [0.15, 0.2) is 29.5 Å². The summed E-state index contributed by atoms with van der Waals surface area (Å²) in [6, 6.07) is 2.41. The van der Waals surface area contributed by atoms with Crippen LogP contribution < -0.4 is 10.5 Å². The maximum atomic E-state index is 12.6. The lowest BCUT2D eigenvalue weighted by molar-refractivity contribution is -0.141. The molecule has 9 heteroatoms. The van der Waals surface area contributed by atoms with Crippen molar-refractivity contribution in [2.45, 2.75) is 32.5 Å². The highest BCUT2D eigenvalue weighted by atomic mass is 19.4. The number of halogens is 3. The number of hydrogen-bond donors (Lipinski definition) is 0. The van der Waals surface area contributed by atoms with E-state index in [2.05, 4.69) is 19.9 Å². The van der Waals surface area contributed by atoms with E-state index in [-0.39, 0.29) is 5.92 Å². The van der Waals surface area contributed by atoms with Gasteiger partial charge in [0, 0.05) is 31.9 Å². The number of anilines is 1. The SMILES string of the molecule is Cc1nccc(N2CCC(Cn3cnc(C(F)(F)F)cc3=O)CC2)n1. The van der Waals surface area contributed by atoms with E-state index >= 15 is 0 Å². The molecule has 0 radical (unpaired) electrons. The van der Waals surface area contributed by atoms with Gasteiger partial charge in [-0.15, -0.1) is 0 Å². The molecule has 1 aliphatic heterocycles. The second-order valence-corrected chi connectivity index (χ2v) is 6.15. The van der Waals surface area contributed by atoms with Gasteiger partial charge in [-0.25, -0.2) is 15.0 Å². The Morgan fingerprint density at radius 1 is 1.24 bits per heavy atom. The number of nitrogens with zero attached hydrogens (tertiary/aromatic N) is 5. The van der Waals surface area contributed by atoms with Crippen molar-refractivity contribution in [1.29, 1.82) is 0 Å². The van der Waals surface area contributed by atoms with Crippen LogP contribution >= 0.6 is 0 Å². The van der Waals surface area contributed by atoms with Crippen LogP contribution in [-0.2, 0) is 12.7 Å². The van der Waals surface area contributed by atoms with E-state index < -0.39 is 17.4 Å². The predicted octanol–water partition coefficient (Wildman–Crippen LogP) is 2.28. The van der Waals surface area contributed by atoms with Gasteiger partial charge >= 0.3 is 6.18 Å². The molecule has 0 aromatic carbocycles. The Morgan fingerprint density at radius 2 is 1.96 bits per heavy atom. The Hall–Kier alpha value is -2.45. The van der Waals surface area contributed by atoms with E-state index in [1.54, 1.807) is 6.20 Å². The fraction of sp³-hybridized carbons (Fsp3) is 0.500. The lowest BCUT2D eigenvalue weighted by atomic mass is 9.96. The molecule has 0 N–H and O–H groups in total. The Morgan fingerprint density at radius 3 is 2.56 bits per heavy atom. The van der Waals surface area contributed by atoms with Crippen molar-refractivity contribution in [1.82, 2.24) is 19.5 Å². The van der Waals surface area contributed by atoms with Gasteiger partial charge in [-0.2, -0.15) is 13.2 Å². The number of rotatable bonds is 3. The first-order chi connectivity index (χ1) is 11.8. The highest BCUT2D eigenvalue weighted by Gasteiger charge is 2.33. The minimum Gasteiger partial charge on any atom is -0.356 e. The van der Waals surface area contributed by atoms with Crippen molar-refractivity contribution in [3.05, 3.63) is 46.5 Å². The zero-order valence-electron chi connectivity index (χ0n) is 13.7. The summed E-state index contributed by atoms with van der Waals surface area (Å²) in [7, 11) is 0. The number of aromatic nitrogens is 4. The molecule has 3 rings (SSSR count). The van der Waals surface area contributed by atoms with E-state index in [4.69, 9.17) is 0 Å². The van der Waals surface area contributed by atoms with E-state index in [0.717, 1.165) is 38.1 Å². The maximum absolute atomic E-state index is 12.6. The van der Waals surface area contributed by atoms with E-state index in [1.807, 2.05) is 13.0 Å². The van der Waals surface area contributed by atoms with Crippen molar-refractivity contribution in [3.8, 4) is 0 Å². The Balaban J connectivity index is 1.62. The largest absolute Gasteiger partial charge is 0.433 e. The number of alkyl halides is 3. The smallest absolute Gasteiger partial charge is 0.356 e. The summed E-state index contributed by atoms with van der Waals surface area (Å²) in [5.41, 5.74) is -1.82. The van der Waals surface area contributed by atoms with Gasteiger partial charge in [0.25, 0.3) is 5.56 Å². The molecule has 0 aliphatic carbocycles. The second-order valence-electron chi connectivity index (χ2n) is 6.15. The highest BCUT2D eigenvalue weighted by Crippen LogP contribution is 2.26. The molecule has 0 bridgehead atoms. The third-order valence-electron chi connectivity index (χ3n) is 4.32. The molecule has 1 saturated heterocycles. The summed E-state index contributed by atoms with van der Waals surface area (Å²) < 4.78 is 38.9. The predicted molar refractivity (Wildman–Crippen MR) is 85.2 cm³/mol. The van der Waals surface area contributed by atoms with Gasteiger partial charge in [0.2, 0.25) is 0 Å². The zero-order chi connectivity index (χ0) is 18.0. The van der Waals surface area contributed by atoms with E-state index in [0.29, 0.717) is 18.4 Å². The maximum Gasteiger partial charge on any atom is 0.433 e. The molecule has 1 aliphatic rings. The summed E-state index contributed by atoms with van der Waals surface area (Å²) >= 11 is 0. The third-order valence-corrected chi connectivity index (χ3v) is 4.32. The van der Waals surface area contributed by atoms with Crippen LogP contribution in [0, 0.1) is 12.8 Å². The van der Waals surface area contributed by atoms with Gasteiger partial charge in [0.05, 0.1) is 6.33 Å². The molecule has 0 atom stereocenters. The molecule has 1 fully saturated rings. The minimum atomic E-state index is -4.60. The molecule has 6 nitrogen and oxygen atoms in total. The van der Waals surface area contributed by atoms with Crippen LogP contribution in [0.4, 0.5) is 19.0 Å². The first kappa shape index (κ1) is 17.4. The summed E-state index contributed by atoms with van der Waals surface area (Å²) in [4.78, 5) is 25.9. The van der Waals surface area contributed by atoms with Crippen molar-refractivity contribution >= 4 is 5.82 Å². The number of piperidine rings is 1. The molecule has 0 amide bonds. The Labute approximate surface area is 142 Å². The Kier molecular flexibility index (Phi) is 4.73. The molecule has 0 spiro atoms. The molecule has 25 heavy (non-hydrogen) atoms. The fourth-order valence-electron chi connectivity index (χ4n) is 2.96. The number of hydrogen-bond acceptors (Lipinski definition) is 5. The summed E-state index contributed by atoms with van der Waals surface area (Å²) in [6.45, 7) is 3.77. The first-order valence-corrected chi connectivity index (χ1v) is 8.01.